The van der Waals surface area contributed by atoms with Crippen molar-refractivity contribution >= 4 is 27.5 Å². The van der Waals surface area contributed by atoms with Gasteiger partial charge in [0, 0.05) is 21.3 Å². The van der Waals surface area contributed by atoms with E-state index in [1.165, 1.54) is 0 Å². The third-order valence-corrected chi connectivity index (χ3v) is 2.94. The molecule has 0 heterocycles. The van der Waals surface area contributed by atoms with Crippen LogP contribution in [0.4, 0.5) is 5.69 Å². The molecule has 2 nitrogen and oxygen atoms in total. The Morgan fingerprint density at radius 3 is 2.22 bits per heavy atom. The van der Waals surface area contributed by atoms with Crippen molar-refractivity contribution in [3.05, 3.63) is 64.1 Å². The Balaban J connectivity index is 2.12. The molecule has 1 N–H and O–H groups in total. The maximum atomic E-state index is 11.9. The van der Waals surface area contributed by atoms with Gasteiger partial charge >= 0.3 is 0 Å². The van der Waals surface area contributed by atoms with Gasteiger partial charge in [0.2, 0.25) is 0 Å². The summed E-state index contributed by atoms with van der Waals surface area (Å²) in [6.07, 6.45) is 5.26. The molecule has 18 heavy (non-hydrogen) atoms. The first-order chi connectivity index (χ1) is 8.69. The fourth-order valence-corrected chi connectivity index (χ4v) is 1.72. The smallest absolute Gasteiger partial charge is 0.255 e. The largest absolute Gasteiger partial charge is 0.322 e. The number of carbonyl (C=O) groups excluding carboxylic acids is 1. The number of anilines is 1. The molecule has 0 radical (unpaired) electrons. The summed E-state index contributed by atoms with van der Waals surface area (Å²) in [4.78, 5) is 11.9. The quantitative estimate of drug-likeness (QED) is 0.842. The molecule has 3 heteroatoms. The second-order valence-corrected chi connectivity index (χ2v) is 4.60. The zero-order chi connectivity index (χ0) is 13.0. The number of hydrogen-bond acceptors (Lipinski definition) is 1. The van der Waals surface area contributed by atoms with Crippen molar-refractivity contribution in [2.75, 3.05) is 5.32 Å². The van der Waals surface area contributed by atoms with Crippen molar-refractivity contribution in [3.8, 4) is 12.3 Å². The Morgan fingerprint density at radius 1 is 1.06 bits per heavy atom. The molecular formula is C15H10BrNO. The van der Waals surface area contributed by atoms with Gasteiger partial charge in [-0.2, -0.15) is 0 Å². The summed E-state index contributed by atoms with van der Waals surface area (Å²) in [6, 6.07) is 14.3. The van der Waals surface area contributed by atoms with Crippen molar-refractivity contribution in [2.45, 2.75) is 0 Å². The molecule has 0 saturated heterocycles. The fraction of sp³-hybridized carbons (Fsp3) is 0. The third kappa shape index (κ3) is 2.99. The molecule has 2 aromatic rings. The Labute approximate surface area is 114 Å². The van der Waals surface area contributed by atoms with Crippen LogP contribution in [0.25, 0.3) is 0 Å². The summed E-state index contributed by atoms with van der Waals surface area (Å²) in [5.41, 5.74) is 2.09. The molecule has 2 aromatic carbocycles. The van der Waals surface area contributed by atoms with E-state index in [4.69, 9.17) is 6.42 Å². The van der Waals surface area contributed by atoms with E-state index in [2.05, 4.69) is 27.2 Å². The molecule has 1 amide bonds. The standard InChI is InChI=1S/C15H10BrNO/c1-2-11-3-5-12(6-4-11)15(18)17-14-9-7-13(16)8-10-14/h1,3-10H,(H,17,18). The van der Waals surface area contributed by atoms with E-state index in [0.29, 0.717) is 5.56 Å². The van der Waals surface area contributed by atoms with Crippen LogP contribution in [0.5, 0.6) is 0 Å². The maximum Gasteiger partial charge on any atom is 0.255 e. The van der Waals surface area contributed by atoms with Gasteiger partial charge in [0.25, 0.3) is 5.91 Å². The molecule has 0 bridgehead atoms. The highest BCUT2D eigenvalue weighted by Crippen LogP contribution is 2.15. The molecule has 88 valence electrons. The van der Waals surface area contributed by atoms with Crippen molar-refractivity contribution in [1.82, 2.24) is 0 Å². The maximum absolute atomic E-state index is 11.9. The summed E-state index contributed by atoms with van der Waals surface area (Å²) in [5.74, 6) is 2.36. The van der Waals surface area contributed by atoms with Gasteiger partial charge in [0.1, 0.15) is 0 Å². The zero-order valence-electron chi connectivity index (χ0n) is 9.48. The van der Waals surface area contributed by atoms with Gasteiger partial charge in [0.05, 0.1) is 0 Å². The fourth-order valence-electron chi connectivity index (χ4n) is 1.45. The van der Waals surface area contributed by atoms with Crippen LogP contribution in [-0.2, 0) is 0 Å². The lowest BCUT2D eigenvalue weighted by atomic mass is 10.1. The van der Waals surface area contributed by atoms with E-state index in [-0.39, 0.29) is 5.91 Å². The second kappa shape index (κ2) is 5.52. The van der Waals surface area contributed by atoms with Gasteiger partial charge < -0.3 is 5.32 Å². The lowest BCUT2D eigenvalue weighted by Crippen LogP contribution is -2.11. The van der Waals surface area contributed by atoms with Gasteiger partial charge in [-0.1, -0.05) is 21.9 Å². The Bertz CT molecular complexity index is 594. The summed E-state index contributed by atoms with van der Waals surface area (Å²) < 4.78 is 0.971. The summed E-state index contributed by atoms with van der Waals surface area (Å²) in [5, 5.41) is 2.81. The van der Waals surface area contributed by atoms with Gasteiger partial charge in [0.15, 0.2) is 0 Å². The molecule has 0 saturated carbocycles. The number of benzene rings is 2. The lowest BCUT2D eigenvalue weighted by molar-refractivity contribution is 0.102. The minimum Gasteiger partial charge on any atom is -0.322 e. The number of carbonyl (C=O) groups is 1. The summed E-state index contributed by atoms with van der Waals surface area (Å²) >= 11 is 3.34. The number of terminal acetylenes is 1. The highest BCUT2D eigenvalue weighted by molar-refractivity contribution is 9.10. The monoisotopic (exact) mass is 299 g/mol. The van der Waals surface area contributed by atoms with Gasteiger partial charge in [-0.3, -0.25) is 4.79 Å². The molecule has 0 atom stereocenters. The minimum atomic E-state index is -0.152. The Morgan fingerprint density at radius 2 is 1.67 bits per heavy atom. The van der Waals surface area contributed by atoms with Crippen LogP contribution in [0, 0.1) is 12.3 Å². The first kappa shape index (κ1) is 12.4. The van der Waals surface area contributed by atoms with E-state index in [1.54, 1.807) is 24.3 Å². The molecular weight excluding hydrogens is 290 g/mol. The van der Waals surface area contributed by atoms with Gasteiger partial charge in [-0.15, -0.1) is 6.42 Å². The number of nitrogens with one attached hydrogen (secondary N) is 1. The average Bonchev–Trinajstić information content (AvgIpc) is 2.41. The van der Waals surface area contributed by atoms with Gasteiger partial charge in [-0.25, -0.2) is 0 Å². The number of amides is 1. The van der Waals surface area contributed by atoms with Crippen molar-refractivity contribution in [1.29, 1.82) is 0 Å². The van der Waals surface area contributed by atoms with Gasteiger partial charge in [-0.05, 0) is 48.5 Å². The van der Waals surface area contributed by atoms with Crippen molar-refractivity contribution < 1.29 is 4.79 Å². The van der Waals surface area contributed by atoms with Crippen molar-refractivity contribution in [3.63, 3.8) is 0 Å². The summed E-state index contributed by atoms with van der Waals surface area (Å²) in [7, 11) is 0. The molecule has 0 fully saturated rings. The number of halogens is 1. The molecule has 2 rings (SSSR count). The number of hydrogen-bond donors (Lipinski definition) is 1. The van der Waals surface area contributed by atoms with Crippen LogP contribution in [0.2, 0.25) is 0 Å². The van der Waals surface area contributed by atoms with E-state index in [9.17, 15) is 4.79 Å². The van der Waals surface area contributed by atoms with Crippen LogP contribution in [-0.4, -0.2) is 5.91 Å². The lowest BCUT2D eigenvalue weighted by Gasteiger charge is -2.05. The topological polar surface area (TPSA) is 29.1 Å². The molecule has 0 spiro atoms. The highest BCUT2D eigenvalue weighted by atomic mass is 79.9. The molecule has 0 unspecified atom stereocenters. The van der Waals surface area contributed by atoms with Crippen LogP contribution in [0.15, 0.2) is 53.0 Å². The van der Waals surface area contributed by atoms with Crippen LogP contribution >= 0.6 is 15.9 Å². The van der Waals surface area contributed by atoms with Crippen molar-refractivity contribution in [2.24, 2.45) is 0 Å². The predicted molar refractivity (Wildman–Crippen MR) is 76.5 cm³/mol. The molecule has 0 aromatic heterocycles. The zero-order valence-corrected chi connectivity index (χ0v) is 11.1. The minimum absolute atomic E-state index is 0.152. The molecule has 0 aliphatic rings. The van der Waals surface area contributed by atoms with Crippen LogP contribution in [0.3, 0.4) is 0 Å². The normalized spacial score (nSPS) is 9.56. The highest BCUT2D eigenvalue weighted by Gasteiger charge is 2.05. The van der Waals surface area contributed by atoms with E-state index >= 15 is 0 Å². The van der Waals surface area contributed by atoms with E-state index in [1.807, 2.05) is 24.3 Å². The first-order valence-electron chi connectivity index (χ1n) is 5.32. The Hall–Kier alpha value is -2.05. The third-order valence-electron chi connectivity index (χ3n) is 2.42. The SMILES string of the molecule is C#Cc1ccc(C(=O)Nc2ccc(Br)cc2)cc1. The molecule has 0 aliphatic heterocycles. The summed E-state index contributed by atoms with van der Waals surface area (Å²) in [6.45, 7) is 0. The van der Waals surface area contributed by atoms with E-state index < -0.39 is 0 Å². The molecule has 0 aliphatic carbocycles. The van der Waals surface area contributed by atoms with Crippen LogP contribution in [0.1, 0.15) is 15.9 Å². The number of rotatable bonds is 2. The second-order valence-electron chi connectivity index (χ2n) is 3.68. The predicted octanol–water partition coefficient (Wildman–Crippen LogP) is 3.68. The van der Waals surface area contributed by atoms with E-state index in [0.717, 1.165) is 15.7 Å². The Kier molecular flexibility index (Phi) is 3.81. The first-order valence-corrected chi connectivity index (χ1v) is 6.12. The average molecular weight is 300 g/mol. The van der Waals surface area contributed by atoms with Crippen LogP contribution < -0.4 is 5.32 Å².